The molecule has 9 heteroatoms. The number of ketones is 1. The Morgan fingerprint density at radius 2 is 1.43 bits per heavy atom. The number of hydrogen-bond donors (Lipinski definition) is 1. The number of esters is 1. The number of β-lactam (4-membered cyclic amide) rings is 1. The lowest BCUT2D eigenvalue weighted by molar-refractivity contribution is -0.170. The molecule has 8 nitrogen and oxygen atoms in total. The first-order chi connectivity index (χ1) is 17.9. The lowest BCUT2D eigenvalue weighted by atomic mass is 9.99. The summed E-state index contributed by atoms with van der Waals surface area (Å²) in [5.74, 6) is -2.99. The first kappa shape index (κ1) is 24.6. The highest BCUT2D eigenvalue weighted by molar-refractivity contribution is 7.86. The summed E-state index contributed by atoms with van der Waals surface area (Å²) in [5.41, 5.74) is 2.16. The van der Waals surface area contributed by atoms with Crippen molar-refractivity contribution in [2.24, 2.45) is 0 Å². The summed E-state index contributed by atoms with van der Waals surface area (Å²) >= 11 is 0. The van der Waals surface area contributed by atoms with Crippen molar-refractivity contribution < 1.29 is 28.1 Å². The summed E-state index contributed by atoms with van der Waals surface area (Å²) in [6, 6.07) is 24.5. The molecular formula is C28H24N2O6S. The molecule has 4 atom stereocenters. The predicted octanol–water partition coefficient (Wildman–Crippen LogP) is 1.91. The molecule has 3 aromatic carbocycles. The van der Waals surface area contributed by atoms with Crippen LogP contribution >= 0.6 is 0 Å². The van der Waals surface area contributed by atoms with Crippen LogP contribution in [0, 0.1) is 0 Å². The van der Waals surface area contributed by atoms with Crippen LogP contribution in [0.5, 0.6) is 0 Å². The van der Waals surface area contributed by atoms with Gasteiger partial charge >= 0.3 is 5.97 Å². The molecule has 0 aliphatic carbocycles. The molecule has 2 fully saturated rings. The second-order valence-corrected chi connectivity index (χ2v) is 10.4. The lowest BCUT2D eigenvalue weighted by Crippen LogP contribution is -2.79. The van der Waals surface area contributed by atoms with Gasteiger partial charge in [0.05, 0.1) is 23.0 Å². The van der Waals surface area contributed by atoms with E-state index >= 15 is 0 Å². The minimum atomic E-state index is -1.76. The maximum absolute atomic E-state index is 13.4. The number of hydrogen-bond acceptors (Lipinski definition) is 6. The van der Waals surface area contributed by atoms with E-state index in [9.17, 15) is 23.4 Å². The van der Waals surface area contributed by atoms with Gasteiger partial charge < -0.3 is 15.0 Å². The van der Waals surface area contributed by atoms with Gasteiger partial charge in [0.2, 0.25) is 11.8 Å². The summed E-state index contributed by atoms with van der Waals surface area (Å²) in [7, 11) is -1.76. The molecule has 0 bridgehead atoms. The number of benzene rings is 3. The average Bonchev–Trinajstić information content (AvgIpc) is 2.91. The Morgan fingerprint density at radius 1 is 0.892 bits per heavy atom. The summed E-state index contributed by atoms with van der Waals surface area (Å²) < 4.78 is 18.6. The number of carbonyl (C=O) groups is 4. The number of carbonyl (C=O) groups excluding carboxylic acids is 4. The Balaban J connectivity index is 1.34. The molecule has 2 saturated heterocycles. The van der Waals surface area contributed by atoms with Crippen LogP contribution in [0.2, 0.25) is 0 Å². The second-order valence-electron chi connectivity index (χ2n) is 8.88. The largest absolute Gasteiger partial charge is 0.451 e. The number of nitrogens with one attached hydrogen (secondary N) is 1. The molecule has 0 saturated carbocycles. The van der Waals surface area contributed by atoms with Gasteiger partial charge in [0.15, 0.2) is 17.9 Å². The quantitative estimate of drug-likeness (QED) is 0.292. The third-order valence-electron chi connectivity index (χ3n) is 6.40. The van der Waals surface area contributed by atoms with E-state index in [1.165, 1.54) is 0 Å². The normalized spacial score (nSPS) is 22.7. The summed E-state index contributed by atoms with van der Waals surface area (Å²) in [5, 5.41) is 1.65. The van der Waals surface area contributed by atoms with Gasteiger partial charge in [-0.1, -0.05) is 91.0 Å². The Kier molecular flexibility index (Phi) is 6.96. The van der Waals surface area contributed by atoms with Crippen LogP contribution in [-0.4, -0.2) is 55.9 Å². The Hall–Kier alpha value is -4.11. The van der Waals surface area contributed by atoms with Crippen molar-refractivity contribution in [2.75, 3.05) is 5.75 Å². The summed E-state index contributed by atoms with van der Waals surface area (Å²) in [6.07, 6.45) is -0.754. The van der Waals surface area contributed by atoms with Crippen LogP contribution < -0.4 is 5.32 Å². The third kappa shape index (κ3) is 4.95. The molecule has 2 aliphatic heterocycles. The van der Waals surface area contributed by atoms with Crippen LogP contribution in [-0.2, 0) is 41.1 Å². The SMILES string of the molecule is O=C(Cc1ccccc1)N[C@@H]1C(=O)N2[C@@H](C(=O)OC(c3ccccc3)c3ccccc3)C(=O)CS(=O)[C@@H]12. The van der Waals surface area contributed by atoms with Gasteiger partial charge in [0, 0.05) is 0 Å². The van der Waals surface area contributed by atoms with E-state index in [-0.39, 0.29) is 6.42 Å². The highest BCUT2D eigenvalue weighted by Crippen LogP contribution is 2.33. The fourth-order valence-corrected chi connectivity index (χ4v) is 6.22. The molecule has 3 aromatic rings. The molecule has 0 spiro atoms. The molecule has 2 amide bonds. The number of fused-ring (bicyclic) bond motifs is 1. The monoisotopic (exact) mass is 516 g/mol. The van der Waals surface area contributed by atoms with Gasteiger partial charge in [-0.15, -0.1) is 0 Å². The van der Waals surface area contributed by atoms with E-state index in [4.69, 9.17) is 4.74 Å². The molecular weight excluding hydrogens is 492 g/mol. The maximum atomic E-state index is 13.4. The van der Waals surface area contributed by atoms with Gasteiger partial charge in [-0.3, -0.25) is 18.6 Å². The number of ether oxygens (including phenoxy) is 1. The second kappa shape index (κ2) is 10.5. The van der Waals surface area contributed by atoms with E-state index in [1.54, 1.807) is 48.5 Å². The minimum absolute atomic E-state index is 0.0458. The van der Waals surface area contributed by atoms with Crippen molar-refractivity contribution in [2.45, 2.75) is 30.0 Å². The molecule has 0 radical (unpaired) electrons. The van der Waals surface area contributed by atoms with Gasteiger partial charge in [-0.2, -0.15) is 0 Å². The minimum Gasteiger partial charge on any atom is -0.451 e. The Morgan fingerprint density at radius 3 is 2.00 bits per heavy atom. The number of rotatable bonds is 7. The van der Waals surface area contributed by atoms with Crippen LogP contribution in [0.25, 0.3) is 0 Å². The summed E-state index contributed by atoms with van der Waals surface area (Å²) in [6.45, 7) is 0. The molecule has 37 heavy (non-hydrogen) atoms. The third-order valence-corrected chi connectivity index (χ3v) is 8.01. The topological polar surface area (TPSA) is 110 Å². The molecule has 188 valence electrons. The van der Waals surface area contributed by atoms with Crippen LogP contribution in [0.1, 0.15) is 22.8 Å². The van der Waals surface area contributed by atoms with Gasteiger partial charge in [0.1, 0.15) is 11.4 Å². The van der Waals surface area contributed by atoms with Gasteiger partial charge in [0.25, 0.3) is 0 Å². The molecule has 5 rings (SSSR count). The zero-order valence-electron chi connectivity index (χ0n) is 19.7. The predicted molar refractivity (Wildman–Crippen MR) is 135 cm³/mol. The Bertz CT molecular complexity index is 1310. The zero-order chi connectivity index (χ0) is 25.9. The highest BCUT2D eigenvalue weighted by atomic mass is 32.2. The fourth-order valence-electron chi connectivity index (χ4n) is 4.65. The Labute approximate surface area is 216 Å². The standard InChI is InChI=1S/C28H24N2O6S/c31-21-17-37(35)27-23(29-22(32)16-18-10-4-1-5-11-18)26(33)30(27)24(21)28(34)36-25(19-12-6-2-7-13-19)20-14-8-3-9-15-20/h1-15,23-25,27H,16-17H2,(H,29,32)/t23-,24-,27+,37?/m1/s1. The molecule has 2 aliphatic rings. The number of amides is 2. The van der Waals surface area contributed by atoms with Crippen molar-refractivity contribution in [3.63, 3.8) is 0 Å². The number of nitrogens with zero attached hydrogens (tertiary/aromatic N) is 1. The van der Waals surface area contributed by atoms with Crippen LogP contribution in [0.3, 0.4) is 0 Å². The lowest BCUT2D eigenvalue weighted by Gasteiger charge is -2.51. The van der Waals surface area contributed by atoms with Crippen LogP contribution in [0.15, 0.2) is 91.0 Å². The van der Waals surface area contributed by atoms with Crippen molar-refractivity contribution in [1.82, 2.24) is 10.2 Å². The van der Waals surface area contributed by atoms with Crippen molar-refractivity contribution in [3.05, 3.63) is 108 Å². The van der Waals surface area contributed by atoms with E-state index in [0.29, 0.717) is 11.1 Å². The highest BCUT2D eigenvalue weighted by Gasteiger charge is 2.61. The molecule has 2 heterocycles. The first-order valence-electron chi connectivity index (χ1n) is 11.8. The van der Waals surface area contributed by atoms with E-state index < -0.39 is 63.7 Å². The van der Waals surface area contributed by atoms with E-state index in [0.717, 1.165) is 10.5 Å². The first-order valence-corrected chi connectivity index (χ1v) is 13.2. The van der Waals surface area contributed by atoms with Crippen molar-refractivity contribution in [3.8, 4) is 0 Å². The van der Waals surface area contributed by atoms with Gasteiger partial charge in [-0.05, 0) is 16.7 Å². The average molecular weight is 517 g/mol. The van der Waals surface area contributed by atoms with Crippen LogP contribution in [0.4, 0.5) is 0 Å². The smallest absolute Gasteiger partial charge is 0.337 e. The van der Waals surface area contributed by atoms with E-state index in [2.05, 4.69) is 5.32 Å². The van der Waals surface area contributed by atoms with E-state index in [1.807, 2.05) is 42.5 Å². The molecule has 1 unspecified atom stereocenters. The van der Waals surface area contributed by atoms with Crippen molar-refractivity contribution >= 4 is 34.4 Å². The van der Waals surface area contributed by atoms with Gasteiger partial charge in [-0.25, -0.2) is 4.79 Å². The molecule has 1 N–H and O–H groups in total. The fraction of sp³-hybridized carbons (Fsp3) is 0.214. The number of Topliss-reactive ketones (excluding diaryl/α,β-unsaturated/α-hetero) is 1. The van der Waals surface area contributed by atoms with Crippen molar-refractivity contribution in [1.29, 1.82) is 0 Å². The molecule has 0 aromatic heterocycles. The maximum Gasteiger partial charge on any atom is 0.337 e. The summed E-state index contributed by atoms with van der Waals surface area (Å²) in [4.78, 5) is 52.8. The zero-order valence-corrected chi connectivity index (χ0v) is 20.5.